The summed E-state index contributed by atoms with van der Waals surface area (Å²) in [6.07, 6.45) is 0.978. The quantitative estimate of drug-likeness (QED) is 0.789. The highest BCUT2D eigenvalue weighted by Crippen LogP contribution is 2.24. The number of nitrogens with one attached hydrogen (secondary N) is 1. The zero-order valence-electron chi connectivity index (χ0n) is 15.4. The molecule has 0 saturated carbocycles. The summed E-state index contributed by atoms with van der Waals surface area (Å²) in [7, 11) is -1.59. The Morgan fingerprint density at radius 2 is 2.00 bits per heavy atom. The molecule has 0 unspecified atom stereocenters. The van der Waals surface area contributed by atoms with E-state index in [2.05, 4.69) is 10.3 Å². The fraction of sp³-hybridized carbons (Fsp3) is 0.444. The molecule has 0 saturated heterocycles. The number of halogens is 1. The maximum Gasteiger partial charge on any atom is 0.220 e. The molecule has 1 aliphatic heterocycles. The molecule has 0 bridgehead atoms. The third kappa shape index (κ3) is 4.51. The van der Waals surface area contributed by atoms with Crippen LogP contribution in [-0.2, 0) is 47.1 Å². The summed E-state index contributed by atoms with van der Waals surface area (Å²) in [6, 6.07) is 6.85. The van der Waals surface area contributed by atoms with Gasteiger partial charge in [-0.2, -0.15) is 4.31 Å². The lowest BCUT2D eigenvalue weighted by Gasteiger charge is -2.26. The Labute approximate surface area is 164 Å². The number of carbonyl (C=O) groups excluding carboxylic acids is 1. The van der Waals surface area contributed by atoms with Gasteiger partial charge in [-0.3, -0.25) is 4.79 Å². The maximum atomic E-state index is 12.8. The molecule has 0 aliphatic carbocycles. The zero-order valence-corrected chi connectivity index (χ0v) is 17.0. The number of benzene rings is 1. The average Bonchev–Trinajstić information content (AvgIpc) is 2.97. The van der Waals surface area contributed by atoms with Crippen LogP contribution in [0.15, 0.2) is 24.3 Å². The molecule has 1 aromatic carbocycles. The van der Waals surface area contributed by atoms with E-state index in [9.17, 15) is 13.2 Å². The summed E-state index contributed by atoms with van der Waals surface area (Å²) in [5, 5.41) is 3.39. The highest BCUT2D eigenvalue weighted by molar-refractivity contribution is 7.88. The SMILES string of the molecule is CCC(=O)NCc1nc2c(n1C)CN(S(=O)(=O)Cc1ccc(Cl)cc1)CC2. The summed E-state index contributed by atoms with van der Waals surface area (Å²) in [5.74, 6) is 0.637. The first-order chi connectivity index (χ1) is 12.8. The molecule has 0 spiro atoms. The van der Waals surface area contributed by atoms with Crippen molar-refractivity contribution in [3.05, 3.63) is 52.1 Å². The van der Waals surface area contributed by atoms with Gasteiger partial charge in [-0.1, -0.05) is 30.7 Å². The van der Waals surface area contributed by atoms with Gasteiger partial charge in [0.1, 0.15) is 5.82 Å². The predicted molar refractivity (Wildman–Crippen MR) is 104 cm³/mol. The van der Waals surface area contributed by atoms with Crippen molar-refractivity contribution in [3.63, 3.8) is 0 Å². The van der Waals surface area contributed by atoms with Crippen molar-refractivity contribution >= 4 is 27.5 Å². The molecule has 7 nitrogen and oxygen atoms in total. The highest BCUT2D eigenvalue weighted by Gasteiger charge is 2.30. The molecular formula is C18H23ClN4O3S. The second-order valence-electron chi connectivity index (χ2n) is 6.58. The minimum Gasteiger partial charge on any atom is -0.349 e. The molecule has 9 heteroatoms. The van der Waals surface area contributed by atoms with Gasteiger partial charge in [0.25, 0.3) is 0 Å². The fourth-order valence-corrected chi connectivity index (χ4v) is 4.71. The Balaban J connectivity index is 1.74. The maximum absolute atomic E-state index is 12.8. The summed E-state index contributed by atoms with van der Waals surface area (Å²) in [6.45, 7) is 2.83. The van der Waals surface area contributed by atoms with Crippen molar-refractivity contribution < 1.29 is 13.2 Å². The minimum atomic E-state index is -3.45. The van der Waals surface area contributed by atoms with Crippen molar-refractivity contribution in [2.45, 2.75) is 38.6 Å². The Bertz CT molecular complexity index is 938. The number of amides is 1. The standard InChI is InChI=1S/C18H23ClN4O3S/c1-3-18(24)20-10-17-21-15-8-9-23(11-16(15)22(17)2)27(25,26)12-13-4-6-14(19)7-5-13/h4-7H,3,8-12H2,1-2H3,(H,20,24). The van der Waals surface area contributed by atoms with E-state index in [1.807, 2.05) is 11.6 Å². The van der Waals surface area contributed by atoms with E-state index in [0.29, 0.717) is 36.5 Å². The molecule has 0 radical (unpaired) electrons. The average molecular weight is 411 g/mol. The lowest BCUT2D eigenvalue weighted by molar-refractivity contribution is -0.120. The summed E-state index contributed by atoms with van der Waals surface area (Å²) >= 11 is 5.87. The number of sulfonamides is 1. The summed E-state index contributed by atoms with van der Waals surface area (Å²) in [4.78, 5) is 16.1. The fourth-order valence-electron chi connectivity index (χ4n) is 3.10. The van der Waals surface area contributed by atoms with Crippen LogP contribution in [0, 0.1) is 0 Å². The largest absolute Gasteiger partial charge is 0.349 e. The van der Waals surface area contributed by atoms with Gasteiger partial charge in [-0.05, 0) is 17.7 Å². The lowest BCUT2D eigenvalue weighted by atomic mass is 10.2. The number of carbonyl (C=O) groups is 1. The van der Waals surface area contributed by atoms with E-state index in [-0.39, 0.29) is 18.2 Å². The first kappa shape index (κ1) is 19.9. The summed E-state index contributed by atoms with van der Waals surface area (Å²) < 4.78 is 29.0. The Morgan fingerprint density at radius 3 is 2.67 bits per heavy atom. The van der Waals surface area contributed by atoms with Crippen LogP contribution in [-0.4, -0.2) is 34.7 Å². The number of rotatable bonds is 6. The third-order valence-electron chi connectivity index (χ3n) is 4.73. The van der Waals surface area contributed by atoms with E-state index < -0.39 is 10.0 Å². The molecule has 146 valence electrons. The van der Waals surface area contributed by atoms with Crippen molar-refractivity contribution in [1.29, 1.82) is 0 Å². The molecule has 27 heavy (non-hydrogen) atoms. The van der Waals surface area contributed by atoms with E-state index >= 15 is 0 Å². The van der Waals surface area contributed by atoms with E-state index in [0.717, 1.165) is 17.2 Å². The van der Waals surface area contributed by atoms with Crippen molar-refractivity contribution in [2.75, 3.05) is 6.54 Å². The molecule has 2 aromatic rings. The number of hydrogen-bond acceptors (Lipinski definition) is 4. The number of imidazole rings is 1. The zero-order chi connectivity index (χ0) is 19.6. The number of hydrogen-bond donors (Lipinski definition) is 1. The second-order valence-corrected chi connectivity index (χ2v) is 8.98. The van der Waals surface area contributed by atoms with Crippen LogP contribution in [0.3, 0.4) is 0 Å². The van der Waals surface area contributed by atoms with Gasteiger partial charge >= 0.3 is 0 Å². The van der Waals surface area contributed by atoms with Crippen LogP contribution in [0.4, 0.5) is 0 Å². The first-order valence-corrected chi connectivity index (χ1v) is 10.8. The third-order valence-corrected chi connectivity index (χ3v) is 6.78. The normalized spacial score (nSPS) is 14.8. The van der Waals surface area contributed by atoms with E-state index in [4.69, 9.17) is 11.6 Å². The number of aromatic nitrogens is 2. The van der Waals surface area contributed by atoms with Gasteiger partial charge in [0.15, 0.2) is 0 Å². The van der Waals surface area contributed by atoms with E-state index in [1.54, 1.807) is 31.2 Å². The van der Waals surface area contributed by atoms with Gasteiger partial charge < -0.3 is 9.88 Å². The van der Waals surface area contributed by atoms with Crippen LogP contribution in [0.1, 0.15) is 36.1 Å². The van der Waals surface area contributed by atoms with Crippen LogP contribution in [0.2, 0.25) is 5.02 Å². The van der Waals surface area contributed by atoms with Crippen molar-refractivity contribution in [3.8, 4) is 0 Å². The minimum absolute atomic E-state index is 0.0388. The summed E-state index contributed by atoms with van der Waals surface area (Å²) in [5.41, 5.74) is 2.48. The molecule has 0 atom stereocenters. The van der Waals surface area contributed by atoms with Gasteiger partial charge in [-0.25, -0.2) is 13.4 Å². The van der Waals surface area contributed by atoms with Gasteiger partial charge in [0, 0.05) is 31.5 Å². The Morgan fingerprint density at radius 1 is 1.30 bits per heavy atom. The van der Waals surface area contributed by atoms with Gasteiger partial charge in [0.2, 0.25) is 15.9 Å². The van der Waals surface area contributed by atoms with Gasteiger partial charge in [-0.15, -0.1) is 0 Å². The molecule has 1 N–H and O–H groups in total. The topological polar surface area (TPSA) is 84.3 Å². The molecule has 3 rings (SSSR count). The highest BCUT2D eigenvalue weighted by atomic mass is 35.5. The van der Waals surface area contributed by atoms with Crippen LogP contribution in [0.25, 0.3) is 0 Å². The smallest absolute Gasteiger partial charge is 0.220 e. The molecular weight excluding hydrogens is 388 g/mol. The Hall–Kier alpha value is -1.90. The van der Waals surface area contributed by atoms with Crippen LogP contribution in [0.5, 0.6) is 0 Å². The van der Waals surface area contributed by atoms with E-state index in [1.165, 1.54) is 4.31 Å². The van der Waals surface area contributed by atoms with Crippen LogP contribution < -0.4 is 5.32 Å². The van der Waals surface area contributed by atoms with Crippen molar-refractivity contribution in [1.82, 2.24) is 19.2 Å². The molecule has 1 aliphatic rings. The van der Waals surface area contributed by atoms with Gasteiger partial charge in [0.05, 0.1) is 30.2 Å². The second kappa shape index (κ2) is 8.00. The lowest BCUT2D eigenvalue weighted by Crippen LogP contribution is -2.37. The molecule has 1 amide bonds. The monoisotopic (exact) mass is 410 g/mol. The Kier molecular flexibility index (Phi) is 5.88. The molecule has 2 heterocycles. The van der Waals surface area contributed by atoms with Crippen molar-refractivity contribution in [2.24, 2.45) is 7.05 Å². The first-order valence-electron chi connectivity index (χ1n) is 8.82. The number of nitrogens with zero attached hydrogens (tertiary/aromatic N) is 3. The van der Waals surface area contributed by atoms with Crippen LogP contribution >= 0.6 is 11.6 Å². The predicted octanol–water partition coefficient (Wildman–Crippen LogP) is 1.99. The molecule has 1 aromatic heterocycles. The number of fused-ring (bicyclic) bond motifs is 1. The molecule has 0 fully saturated rings.